The molecule has 0 spiro atoms. The van der Waals surface area contributed by atoms with Gasteiger partial charge in [-0.05, 0) is 31.2 Å². The Morgan fingerprint density at radius 3 is 3.09 bits per heavy atom. The minimum atomic E-state index is -0.343. The summed E-state index contributed by atoms with van der Waals surface area (Å²) in [4.78, 5) is 12.7. The first-order valence-electron chi connectivity index (χ1n) is 6.70. The largest absolute Gasteiger partial charge is 0.347 e. The number of benzene rings is 1. The zero-order valence-corrected chi connectivity index (χ0v) is 13.3. The number of nitrogens with one attached hydrogen (secondary N) is 1. The standard InChI is InChI=1S/C15H13ClFN3OS/c1-9(8-20-6-2-5-18-20)19-15(21)14-13(16)11-4-3-10(17)7-12(11)22-14/h2-7,9H,8H2,1H3,(H,19,21). The lowest BCUT2D eigenvalue weighted by Gasteiger charge is -2.13. The molecule has 1 atom stereocenters. The van der Waals surface area contributed by atoms with E-state index in [0.29, 0.717) is 26.5 Å². The van der Waals surface area contributed by atoms with Crippen molar-refractivity contribution in [3.63, 3.8) is 0 Å². The Balaban J connectivity index is 1.78. The number of rotatable bonds is 4. The lowest BCUT2D eigenvalue weighted by Crippen LogP contribution is -2.35. The van der Waals surface area contributed by atoms with Gasteiger partial charge in [0.1, 0.15) is 10.7 Å². The van der Waals surface area contributed by atoms with E-state index >= 15 is 0 Å². The van der Waals surface area contributed by atoms with Crippen LogP contribution in [-0.4, -0.2) is 21.7 Å². The van der Waals surface area contributed by atoms with Crippen LogP contribution in [-0.2, 0) is 6.54 Å². The second-order valence-electron chi connectivity index (χ2n) is 4.99. The number of thiophene rings is 1. The molecule has 0 saturated carbocycles. The van der Waals surface area contributed by atoms with E-state index in [2.05, 4.69) is 10.4 Å². The first kappa shape index (κ1) is 15.0. The fourth-order valence-corrected chi connectivity index (χ4v) is 3.65. The van der Waals surface area contributed by atoms with Gasteiger partial charge in [-0.3, -0.25) is 9.48 Å². The van der Waals surface area contributed by atoms with E-state index in [1.165, 1.54) is 23.5 Å². The van der Waals surface area contributed by atoms with Gasteiger partial charge in [-0.25, -0.2) is 4.39 Å². The molecule has 7 heteroatoms. The Kier molecular flexibility index (Phi) is 4.13. The fourth-order valence-electron chi connectivity index (χ4n) is 2.21. The molecular formula is C15H13ClFN3OS. The highest BCUT2D eigenvalue weighted by atomic mass is 35.5. The summed E-state index contributed by atoms with van der Waals surface area (Å²) in [6, 6.07) is 6.03. The number of carbonyl (C=O) groups is 1. The second-order valence-corrected chi connectivity index (χ2v) is 6.42. The minimum absolute atomic E-state index is 0.106. The van der Waals surface area contributed by atoms with Crippen molar-refractivity contribution in [3.8, 4) is 0 Å². The number of carbonyl (C=O) groups excluding carboxylic acids is 1. The average Bonchev–Trinajstić information content (AvgIpc) is 3.07. The number of aromatic nitrogens is 2. The van der Waals surface area contributed by atoms with Gasteiger partial charge in [0.15, 0.2) is 0 Å². The smallest absolute Gasteiger partial charge is 0.263 e. The molecule has 0 aliphatic rings. The Labute approximate surface area is 135 Å². The number of halogens is 2. The molecule has 2 aromatic heterocycles. The van der Waals surface area contributed by atoms with E-state index in [1.807, 2.05) is 19.2 Å². The Morgan fingerprint density at radius 2 is 2.36 bits per heavy atom. The monoisotopic (exact) mass is 337 g/mol. The zero-order chi connectivity index (χ0) is 15.7. The van der Waals surface area contributed by atoms with Gasteiger partial charge < -0.3 is 5.32 Å². The Hall–Kier alpha value is -1.92. The summed E-state index contributed by atoms with van der Waals surface area (Å²) < 4.78 is 15.7. The SMILES string of the molecule is CC(Cn1cccn1)NC(=O)c1sc2cc(F)ccc2c1Cl. The van der Waals surface area contributed by atoms with E-state index in [1.54, 1.807) is 16.9 Å². The normalized spacial score (nSPS) is 12.5. The maximum absolute atomic E-state index is 13.3. The third kappa shape index (κ3) is 2.98. The van der Waals surface area contributed by atoms with Crippen LogP contribution in [0.25, 0.3) is 10.1 Å². The van der Waals surface area contributed by atoms with Gasteiger partial charge >= 0.3 is 0 Å². The summed E-state index contributed by atoms with van der Waals surface area (Å²) in [5.74, 6) is -0.601. The van der Waals surface area contributed by atoms with Crippen LogP contribution in [0.15, 0.2) is 36.7 Å². The predicted molar refractivity (Wildman–Crippen MR) is 85.9 cm³/mol. The van der Waals surface area contributed by atoms with Crippen molar-refractivity contribution in [3.05, 3.63) is 52.4 Å². The van der Waals surface area contributed by atoms with Gasteiger partial charge in [0.2, 0.25) is 0 Å². The van der Waals surface area contributed by atoms with Crippen LogP contribution in [0.2, 0.25) is 5.02 Å². The summed E-state index contributed by atoms with van der Waals surface area (Å²) in [5, 5.41) is 8.04. The van der Waals surface area contributed by atoms with Crippen molar-refractivity contribution < 1.29 is 9.18 Å². The maximum atomic E-state index is 13.3. The van der Waals surface area contributed by atoms with Crippen molar-refractivity contribution in [1.29, 1.82) is 0 Å². The Morgan fingerprint density at radius 1 is 1.55 bits per heavy atom. The molecule has 0 saturated heterocycles. The van der Waals surface area contributed by atoms with Gasteiger partial charge in [-0.15, -0.1) is 11.3 Å². The summed E-state index contributed by atoms with van der Waals surface area (Å²) in [5.41, 5.74) is 0. The van der Waals surface area contributed by atoms with Crippen LogP contribution >= 0.6 is 22.9 Å². The molecule has 0 radical (unpaired) electrons. The average molecular weight is 338 g/mol. The number of hydrogen-bond acceptors (Lipinski definition) is 3. The molecule has 22 heavy (non-hydrogen) atoms. The molecule has 0 fully saturated rings. The van der Waals surface area contributed by atoms with E-state index < -0.39 is 0 Å². The maximum Gasteiger partial charge on any atom is 0.263 e. The lowest BCUT2D eigenvalue weighted by atomic mass is 10.2. The zero-order valence-electron chi connectivity index (χ0n) is 11.7. The number of nitrogens with zero attached hydrogens (tertiary/aromatic N) is 2. The highest BCUT2D eigenvalue weighted by Gasteiger charge is 2.19. The van der Waals surface area contributed by atoms with Crippen molar-refractivity contribution in [2.75, 3.05) is 0 Å². The van der Waals surface area contributed by atoms with Crippen molar-refractivity contribution in [2.24, 2.45) is 0 Å². The van der Waals surface area contributed by atoms with Crippen LogP contribution in [0.4, 0.5) is 4.39 Å². The van der Waals surface area contributed by atoms with Crippen LogP contribution in [0.5, 0.6) is 0 Å². The molecule has 0 aliphatic heterocycles. The molecule has 1 amide bonds. The van der Waals surface area contributed by atoms with Crippen LogP contribution in [0, 0.1) is 5.82 Å². The van der Waals surface area contributed by atoms with E-state index in [9.17, 15) is 9.18 Å². The van der Waals surface area contributed by atoms with Gasteiger partial charge in [-0.2, -0.15) is 5.10 Å². The highest BCUT2D eigenvalue weighted by Crippen LogP contribution is 2.35. The van der Waals surface area contributed by atoms with Gasteiger partial charge in [0.05, 0.1) is 11.6 Å². The fraction of sp³-hybridized carbons (Fsp3) is 0.200. The summed E-state index contributed by atoms with van der Waals surface area (Å²) in [6.07, 6.45) is 3.52. The van der Waals surface area contributed by atoms with Crippen molar-refractivity contribution in [1.82, 2.24) is 15.1 Å². The molecule has 4 nitrogen and oxygen atoms in total. The second kappa shape index (κ2) is 6.06. The molecule has 0 aliphatic carbocycles. The molecule has 3 rings (SSSR count). The molecule has 0 bridgehead atoms. The van der Waals surface area contributed by atoms with Crippen molar-refractivity contribution >= 4 is 38.9 Å². The molecule has 1 aromatic carbocycles. The van der Waals surface area contributed by atoms with Gasteiger partial charge in [0, 0.05) is 28.5 Å². The third-order valence-corrected chi connectivity index (χ3v) is 4.85. The van der Waals surface area contributed by atoms with Gasteiger partial charge in [-0.1, -0.05) is 11.6 Å². The van der Waals surface area contributed by atoms with Gasteiger partial charge in [0.25, 0.3) is 5.91 Å². The molecular weight excluding hydrogens is 325 g/mol. The van der Waals surface area contributed by atoms with Crippen LogP contribution in [0.3, 0.4) is 0 Å². The molecule has 114 valence electrons. The number of hydrogen-bond donors (Lipinski definition) is 1. The number of fused-ring (bicyclic) bond motifs is 1. The first-order valence-corrected chi connectivity index (χ1v) is 7.90. The molecule has 2 heterocycles. The minimum Gasteiger partial charge on any atom is -0.347 e. The summed E-state index contributed by atoms with van der Waals surface area (Å²) >= 11 is 7.43. The predicted octanol–water partition coefficient (Wildman–Crippen LogP) is 3.71. The molecule has 1 N–H and O–H groups in total. The lowest BCUT2D eigenvalue weighted by molar-refractivity contribution is 0.0940. The molecule has 3 aromatic rings. The van der Waals surface area contributed by atoms with E-state index in [4.69, 9.17) is 11.6 Å². The number of amides is 1. The van der Waals surface area contributed by atoms with E-state index in [0.717, 1.165) is 0 Å². The van der Waals surface area contributed by atoms with Crippen LogP contribution < -0.4 is 5.32 Å². The van der Waals surface area contributed by atoms with Crippen molar-refractivity contribution in [2.45, 2.75) is 19.5 Å². The highest BCUT2D eigenvalue weighted by molar-refractivity contribution is 7.21. The van der Waals surface area contributed by atoms with Crippen LogP contribution in [0.1, 0.15) is 16.6 Å². The quantitative estimate of drug-likeness (QED) is 0.789. The Bertz CT molecular complexity index is 816. The summed E-state index contributed by atoms with van der Waals surface area (Å²) in [6.45, 7) is 2.45. The third-order valence-electron chi connectivity index (χ3n) is 3.20. The van der Waals surface area contributed by atoms with E-state index in [-0.39, 0.29) is 17.8 Å². The first-order chi connectivity index (χ1) is 10.5. The molecule has 1 unspecified atom stereocenters. The topological polar surface area (TPSA) is 46.9 Å². The summed E-state index contributed by atoms with van der Waals surface area (Å²) in [7, 11) is 0.